The monoisotopic (exact) mass is 392 g/mol. The fraction of sp³-hybridized carbons (Fsp3) is 0.417. The summed E-state index contributed by atoms with van der Waals surface area (Å²) >= 11 is 0. The number of benzene rings is 2. The van der Waals surface area contributed by atoms with Crippen molar-refractivity contribution in [2.45, 2.75) is 58.1 Å². The Bertz CT molecular complexity index is 923. The molecule has 0 saturated heterocycles. The van der Waals surface area contributed by atoms with Gasteiger partial charge in [-0.25, -0.2) is 4.79 Å². The highest BCUT2D eigenvalue weighted by Crippen LogP contribution is 2.44. The third-order valence-corrected chi connectivity index (χ3v) is 6.23. The van der Waals surface area contributed by atoms with E-state index in [-0.39, 0.29) is 12.0 Å². The van der Waals surface area contributed by atoms with Crippen molar-refractivity contribution in [1.29, 1.82) is 0 Å². The maximum atomic E-state index is 12.6. The Kier molecular flexibility index (Phi) is 5.07. The van der Waals surface area contributed by atoms with Crippen LogP contribution in [0.3, 0.4) is 0 Å². The van der Waals surface area contributed by atoms with Gasteiger partial charge in [0.25, 0.3) is 0 Å². The number of aryl methyl sites for hydroxylation is 1. The summed E-state index contributed by atoms with van der Waals surface area (Å²) in [6.45, 7) is 5.67. The Labute approximate surface area is 172 Å². The molecule has 5 nitrogen and oxygen atoms in total. The maximum Gasteiger partial charge on any atom is 0.411 e. The number of nitrogens with zero attached hydrogens (tertiary/aromatic N) is 1. The molecule has 5 heteroatoms. The second-order valence-electron chi connectivity index (χ2n) is 8.41. The van der Waals surface area contributed by atoms with Gasteiger partial charge in [0.1, 0.15) is 6.10 Å². The number of fused-ring (bicyclic) bond motifs is 1. The second kappa shape index (κ2) is 7.54. The molecule has 2 unspecified atom stereocenters. The normalized spacial score (nSPS) is 21.8. The van der Waals surface area contributed by atoms with Crippen molar-refractivity contribution in [1.82, 2.24) is 0 Å². The maximum absolute atomic E-state index is 12.6. The number of rotatable bonds is 4. The Hall–Kier alpha value is -2.82. The van der Waals surface area contributed by atoms with Gasteiger partial charge in [-0.1, -0.05) is 30.3 Å². The zero-order valence-corrected chi connectivity index (χ0v) is 17.3. The highest BCUT2D eigenvalue weighted by atomic mass is 16.6. The van der Waals surface area contributed by atoms with Crippen LogP contribution in [-0.2, 0) is 21.5 Å². The molecule has 0 aromatic heterocycles. The molecule has 1 N–H and O–H groups in total. The van der Waals surface area contributed by atoms with Gasteiger partial charge in [0.05, 0.1) is 5.54 Å². The van der Waals surface area contributed by atoms with Crippen molar-refractivity contribution in [2.75, 3.05) is 10.2 Å². The van der Waals surface area contributed by atoms with Crippen LogP contribution in [0, 0.1) is 5.92 Å². The Balaban J connectivity index is 1.57. The summed E-state index contributed by atoms with van der Waals surface area (Å²) in [6, 6.07) is 15.9. The van der Waals surface area contributed by atoms with E-state index in [1.807, 2.05) is 48.2 Å². The molecule has 2 amide bonds. The molecule has 29 heavy (non-hydrogen) atoms. The predicted octanol–water partition coefficient (Wildman–Crippen LogP) is 5.25. The molecule has 1 aliphatic carbocycles. The van der Waals surface area contributed by atoms with Crippen molar-refractivity contribution >= 4 is 23.4 Å². The van der Waals surface area contributed by atoms with Gasteiger partial charge in [-0.15, -0.1) is 0 Å². The minimum atomic E-state index is -0.419. The summed E-state index contributed by atoms with van der Waals surface area (Å²) in [5, 5.41) is 2.84. The minimum absolute atomic E-state index is 0.00989. The lowest BCUT2D eigenvalue weighted by Crippen LogP contribution is -2.50. The van der Waals surface area contributed by atoms with Gasteiger partial charge in [-0.3, -0.25) is 10.1 Å². The summed E-state index contributed by atoms with van der Waals surface area (Å²) in [6.07, 6.45) is 3.44. The first-order chi connectivity index (χ1) is 13.9. The van der Waals surface area contributed by atoms with Gasteiger partial charge in [-0.2, -0.15) is 0 Å². The summed E-state index contributed by atoms with van der Waals surface area (Å²) in [7, 11) is 0. The molecule has 0 spiro atoms. The average molecular weight is 392 g/mol. The molecule has 2 aromatic rings. The Morgan fingerprint density at radius 2 is 1.90 bits per heavy atom. The average Bonchev–Trinajstić information content (AvgIpc) is 3.54. The van der Waals surface area contributed by atoms with Gasteiger partial charge in [0.15, 0.2) is 0 Å². The van der Waals surface area contributed by atoms with Gasteiger partial charge in [0.2, 0.25) is 5.91 Å². The molecule has 2 aromatic carbocycles. The van der Waals surface area contributed by atoms with Crippen LogP contribution >= 0.6 is 0 Å². The first kappa shape index (κ1) is 19.5. The van der Waals surface area contributed by atoms with Crippen molar-refractivity contribution < 1.29 is 14.3 Å². The number of nitrogens with one attached hydrogen (secondary N) is 1. The van der Waals surface area contributed by atoms with Crippen LogP contribution in [0.25, 0.3) is 0 Å². The lowest BCUT2D eigenvalue weighted by atomic mass is 9.80. The summed E-state index contributed by atoms with van der Waals surface area (Å²) in [5.41, 5.74) is 3.39. The lowest BCUT2D eigenvalue weighted by Gasteiger charge is -2.46. The highest BCUT2D eigenvalue weighted by molar-refractivity contribution is 5.95. The second-order valence-corrected chi connectivity index (χ2v) is 8.41. The molecule has 2 atom stereocenters. The first-order valence-electron chi connectivity index (χ1n) is 10.4. The van der Waals surface area contributed by atoms with Crippen LogP contribution in [0.1, 0.15) is 51.2 Å². The molecule has 1 heterocycles. The number of ether oxygens (including phenoxy) is 1. The topological polar surface area (TPSA) is 58.6 Å². The molecule has 0 bridgehead atoms. The van der Waals surface area contributed by atoms with Gasteiger partial charge in [0, 0.05) is 18.3 Å². The zero-order chi connectivity index (χ0) is 20.6. The van der Waals surface area contributed by atoms with Gasteiger partial charge >= 0.3 is 6.09 Å². The third-order valence-electron chi connectivity index (χ3n) is 6.23. The zero-order valence-electron chi connectivity index (χ0n) is 17.3. The lowest BCUT2D eigenvalue weighted by molar-refractivity contribution is -0.118. The van der Waals surface area contributed by atoms with E-state index in [9.17, 15) is 9.59 Å². The summed E-state index contributed by atoms with van der Waals surface area (Å²) in [5.74, 6) is 0.514. The fourth-order valence-electron chi connectivity index (χ4n) is 4.40. The summed E-state index contributed by atoms with van der Waals surface area (Å²) in [4.78, 5) is 26.7. The van der Waals surface area contributed by atoms with E-state index in [0.717, 1.165) is 42.5 Å². The van der Waals surface area contributed by atoms with E-state index in [2.05, 4.69) is 24.4 Å². The van der Waals surface area contributed by atoms with Crippen molar-refractivity contribution in [3.63, 3.8) is 0 Å². The number of hydrogen-bond acceptors (Lipinski definition) is 3. The smallest absolute Gasteiger partial charge is 0.411 e. The Morgan fingerprint density at radius 1 is 1.17 bits per heavy atom. The number of amides is 2. The standard InChI is InChI=1S/C24H28N2O3/c1-16(18-9-10-18)29-23(28)25-21-11-12-22-19(15-21)13-14-24(3,26(22)17(2)27)20-7-5-4-6-8-20/h4-8,11-12,15-16,18H,9-10,13-14H2,1-3H3,(H,25,28). The predicted molar refractivity (Wildman–Crippen MR) is 114 cm³/mol. The fourth-order valence-corrected chi connectivity index (χ4v) is 4.40. The van der Waals surface area contributed by atoms with E-state index >= 15 is 0 Å². The van der Waals surface area contributed by atoms with Crippen molar-refractivity contribution in [3.8, 4) is 0 Å². The molecule has 1 saturated carbocycles. The summed E-state index contributed by atoms with van der Waals surface area (Å²) < 4.78 is 5.46. The van der Waals surface area contributed by atoms with Crippen LogP contribution in [-0.4, -0.2) is 18.1 Å². The number of carbonyl (C=O) groups excluding carboxylic acids is 2. The quantitative estimate of drug-likeness (QED) is 0.773. The van der Waals surface area contributed by atoms with E-state index in [0.29, 0.717) is 11.6 Å². The van der Waals surface area contributed by atoms with E-state index in [1.54, 1.807) is 6.92 Å². The van der Waals surface area contributed by atoms with Crippen molar-refractivity contribution in [3.05, 3.63) is 59.7 Å². The molecular formula is C24H28N2O3. The van der Waals surface area contributed by atoms with Crippen LogP contribution in [0.15, 0.2) is 48.5 Å². The van der Waals surface area contributed by atoms with Crippen LogP contribution in [0.2, 0.25) is 0 Å². The Morgan fingerprint density at radius 3 is 2.55 bits per heavy atom. The molecular weight excluding hydrogens is 364 g/mol. The molecule has 1 aliphatic heterocycles. The number of anilines is 2. The molecule has 0 radical (unpaired) electrons. The highest BCUT2D eigenvalue weighted by Gasteiger charge is 2.40. The van der Waals surface area contributed by atoms with Gasteiger partial charge < -0.3 is 9.64 Å². The van der Waals surface area contributed by atoms with Gasteiger partial charge in [-0.05, 0) is 74.8 Å². The first-order valence-corrected chi connectivity index (χ1v) is 10.4. The molecule has 4 rings (SSSR count). The molecule has 2 aliphatic rings. The molecule has 1 fully saturated rings. The van der Waals surface area contributed by atoms with Crippen LogP contribution in [0.5, 0.6) is 0 Å². The molecule has 152 valence electrons. The van der Waals surface area contributed by atoms with E-state index < -0.39 is 11.6 Å². The largest absolute Gasteiger partial charge is 0.446 e. The number of carbonyl (C=O) groups is 2. The van der Waals surface area contributed by atoms with Crippen LogP contribution in [0.4, 0.5) is 16.2 Å². The van der Waals surface area contributed by atoms with Crippen LogP contribution < -0.4 is 10.2 Å². The third kappa shape index (κ3) is 3.86. The SMILES string of the molecule is CC(=O)N1c2ccc(NC(=O)OC(C)C3CC3)cc2CCC1(C)c1ccccc1. The van der Waals surface area contributed by atoms with E-state index in [1.165, 1.54) is 0 Å². The number of hydrogen-bond donors (Lipinski definition) is 1. The van der Waals surface area contributed by atoms with Crippen molar-refractivity contribution in [2.24, 2.45) is 5.92 Å². The van der Waals surface area contributed by atoms with E-state index in [4.69, 9.17) is 4.74 Å². The minimum Gasteiger partial charge on any atom is -0.446 e.